The van der Waals surface area contributed by atoms with Crippen LogP contribution >= 0.6 is 0 Å². The summed E-state index contributed by atoms with van der Waals surface area (Å²) in [6, 6.07) is 0. The van der Waals surface area contributed by atoms with Gasteiger partial charge in [0.25, 0.3) is 0 Å². The van der Waals surface area contributed by atoms with E-state index < -0.39 is 7.32 Å². The molecule has 3 nitrogen and oxygen atoms in total. The normalized spacial score (nSPS) is 3.86. The van der Waals surface area contributed by atoms with Crippen LogP contribution in [0.1, 0.15) is 4.28 Å². The van der Waals surface area contributed by atoms with Gasteiger partial charge in [0.05, 0.1) is 0 Å². The Morgan fingerprint density at radius 1 is 1.14 bits per heavy atom. The van der Waals surface area contributed by atoms with Crippen molar-refractivity contribution >= 4 is 45.1 Å². The van der Waals surface area contributed by atoms with E-state index in [4.69, 9.17) is 15.1 Å². The third-order valence-corrected chi connectivity index (χ3v) is 0. The smallest absolute Gasteiger partial charge is 1.00 e. The molecule has 0 aromatic rings. The van der Waals surface area contributed by atoms with Gasteiger partial charge in [0.2, 0.25) is 0 Å². The summed E-state index contributed by atoms with van der Waals surface area (Å²) in [7, 11) is -2.17. The second kappa shape index (κ2) is 16.0. The summed E-state index contributed by atoms with van der Waals surface area (Å²) < 4.78 is 0. The molecule has 0 rings (SSSR count). The summed E-state index contributed by atoms with van der Waals surface area (Å²) in [6.07, 6.45) is 0. The standard InChI is InChI=1S/BH3O3.Ca.Li.Tb.3H/c2-1(3)4;;;;;;/h2-4H;;;;;;/q;+2;+1;;3*-1. The fraction of sp³-hybridized carbons (Fsp3) is 0. The zero-order valence-corrected chi connectivity index (χ0v) is 8.31. The predicted molar refractivity (Wildman–Crippen MR) is 21.5 cm³/mol. The van der Waals surface area contributed by atoms with Crippen molar-refractivity contribution in [1.29, 1.82) is 0 Å². The Hall–Kier alpha value is 3.09. The second-order valence-electron chi connectivity index (χ2n) is 0.346. The van der Waals surface area contributed by atoms with Gasteiger partial charge in [0.15, 0.2) is 0 Å². The van der Waals surface area contributed by atoms with Crippen molar-refractivity contribution in [2.45, 2.75) is 0 Å². The van der Waals surface area contributed by atoms with Gasteiger partial charge in [-0.3, -0.25) is 0 Å². The molecule has 0 aromatic carbocycles. The first kappa shape index (κ1) is 22.5. The predicted octanol–water partition coefficient (Wildman–Crippen LogP) is -5.09. The van der Waals surface area contributed by atoms with E-state index >= 15 is 0 Å². The van der Waals surface area contributed by atoms with Crippen molar-refractivity contribution in [3.63, 3.8) is 0 Å². The summed E-state index contributed by atoms with van der Waals surface area (Å²) in [5.41, 5.74) is 0. The maximum absolute atomic E-state index is 7.17. The summed E-state index contributed by atoms with van der Waals surface area (Å²) in [5, 5.41) is 21.5. The van der Waals surface area contributed by atoms with Crippen LogP contribution in [0.15, 0.2) is 0 Å². The average molecular weight is 271 g/mol. The van der Waals surface area contributed by atoms with Crippen LogP contribution in [-0.4, -0.2) is 60.1 Å². The molecule has 0 heterocycles. The number of hydrogen-bond donors (Lipinski definition) is 3. The first-order valence-electron chi connectivity index (χ1n) is 0.775. The molecular formula is H6BCaLiO3Tb. The minimum Gasteiger partial charge on any atom is -1.00 e. The third kappa shape index (κ3) is 47.9. The molecular weight excluding hydrogens is 265 g/mol. The van der Waals surface area contributed by atoms with Crippen LogP contribution in [0, 0.1) is 38.6 Å². The summed E-state index contributed by atoms with van der Waals surface area (Å²) >= 11 is 0. The molecule has 0 aliphatic heterocycles. The molecule has 1 radical (unpaired) electrons. The van der Waals surface area contributed by atoms with E-state index in [2.05, 4.69) is 0 Å². The van der Waals surface area contributed by atoms with Crippen LogP contribution < -0.4 is 18.9 Å². The molecule has 0 spiro atoms. The number of hydrogen-bond acceptors (Lipinski definition) is 3. The van der Waals surface area contributed by atoms with Crippen molar-refractivity contribution < 1.29 is 76.8 Å². The molecule has 39 valence electrons. The van der Waals surface area contributed by atoms with E-state index in [1.807, 2.05) is 0 Å². The van der Waals surface area contributed by atoms with Gasteiger partial charge < -0.3 is 19.4 Å². The van der Waals surface area contributed by atoms with E-state index in [0.717, 1.165) is 0 Å². The van der Waals surface area contributed by atoms with Gasteiger partial charge in [-0.05, 0) is 0 Å². The second-order valence-corrected chi connectivity index (χ2v) is 0.346. The molecule has 0 saturated carbocycles. The van der Waals surface area contributed by atoms with Crippen LogP contribution in [0.25, 0.3) is 0 Å². The van der Waals surface area contributed by atoms with Crippen LogP contribution in [0.4, 0.5) is 0 Å². The summed E-state index contributed by atoms with van der Waals surface area (Å²) in [4.78, 5) is 0. The van der Waals surface area contributed by atoms with Gasteiger partial charge in [-0.2, -0.15) is 0 Å². The van der Waals surface area contributed by atoms with Gasteiger partial charge in [-0.1, -0.05) is 0 Å². The fourth-order valence-corrected chi connectivity index (χ4v) is 0. The molecule has 0 aromatic heterocycles. The van der Waals surface area contributed by atoms with Gasteiger partial charge >= 0.3 is 63.9 Å². The molecule has 7 heteroatoms. The maximum atomic E-state index is 7.17. The summed E-state index contributed by atoms with van der Waals surface area (Å²) in [6.45, 7) is 0. The van der Waals surface area contributed by atoms with E-state index in [1.165, 1.54) is 0 Å². The van der Waals surface area contributed by atoms with Crippen LogP contribution in [0.2, 0.25) is 0 Å². The van der Waals surface area contributed by atoms with Crippen LogP contribution in [0.3, 0.4) is 0 Å². The Morgan fingerprint density at radius 3 is 1.14 bits per heavy atom. The molecule has 7 heavy (non-hydrogen) atoms. The van der Waals surface area contributed by atoms with Gasteiger partial charge in [0.1, 0.15) is 0 Å². The van der Waals surface area contributed by atoms with Crippen LogP contribution in [0.5, 0.6) is 0 Å². The molecule has 0 aliphatic carbocycles. The monoisotopic (exact) mass is 271 g/mol. The summed E-state index contributed by atoms with van der Waals surface area (Å²) in [5.74, 6) is 0. The number of rotatable bonds is 0. The van der Waals surface area contributed by atoms with Gasteiger partial charge in [-0.15, -0.1) is 0 Å². The molecule has 3 N–H and O–H groups in total. The zero-order valence-electron chi connectivity index (χ0n) is 6.96. The minimum absolute atomic E-state index is 0. The molecule has 0 unspecified atom stereocenters. The Kier molecular flexibility index (Phi) is 51.5. The van der Waals surface area contributed by atoms with Gasteiger partial charge in [-0.25, -0.2) is 0 Å². The largest absolute Gasteiger partial charge is 2.00 e. The van der Waals surface area contributed by atoms with Crippen molar-refractivity contribution in [1.82, 2.24) is 0 Å². The minimum atomic E-state index is -2.17. The Labute approximate surface area is 119 Å². The Bertz CT molecular complexity index is 28.5. The Balaban J connectivity index is -0.00000000300. The average Bonchev–Trinajstić information content (AvgIpc) is 0.811. The maximum Gasteiger partial charge on any atom is 2.00 e. The van der Waals surface area contributed by atoms with Crippen LogP contribution in [-0.2, 0) is 0 Å². The molecule has 0 bridgehead atoms. The van der Waals surface area contributed by atoms with E-state index in [-0.39, 0.29) is 99.5 Å². The first-order chi connectivity index (χ1) is 1.73. The zero-order chi connectivity index (χ0) is 3.58. The molecule has 0 fully saturated rings. The van der Waals surface area contributed by atoms with Crippen molar-refractivity contribution in [2.75, 3.05) is 0 Å². The third-order valence-electron chi connectivity index (χ3n) is 0. The molecule has 0 saturated heterocycles. The fourth-order valence-electron chi connectivity index (χ4n) is 0. The SMILES string of the molecule is OB(O)O.[Ca+2].[H-].[H-].[H-].[Li+].[Tb]. The topological polar surface area (TPSA) is 60.7 Å². The first-order valence-corrected chi connectivity index (χ1v) is 0.775. The van der Waals surface area contributed by atoms with Gasteiger partial charge in [0, 0.05) is 38.6 Å². The van der Waals surface area contributed by atoms with Crippen molar-refractivity contribution in [3.05, 3.63) is 0 Å². The van der Waals surface area contributed by atoms with Crippen molar-refractivity contribution in [3.8, 4) is 0 Å². The van der Waals surface area contributed by atoms with E-state index in [0.29, 0.717) is 0 Å². The quantitative estimate of drug-likeness (QED) is 0.386. The molecule has 0 amide bonds. The van der Waals surface area contributed by atoms with E-state index in [1.54, 1.807) is 0 Å². The molecule has 0 aliphatic rings. The van der Waals surface area contributed by atoms with E-state index in [9.17, 15) is 0 Å². The molecule has 0 atom stereocenters. The Morgan fingerprint density at radius 2 is 1.14 bits per heavy atom. The van der Waals surface area contributed by atoms with Crippen molar-refractivity contribution in [2.24, 2.45) is 0 Å².